The molecule has 0 atom stereocenters. The summed E-state index contributed by atoms with van der Waals surface area (Å²) >= 11 is 5.10. The van der Waals surface area contributed by atoms with Gasteiger partial charge in [0.05, 0.1) is 0 Å². The number of rotatable bonds is 5. The minimum Gasteiger partial charge on any atom is -0.370 e. The molecule has 1 aromatic carbocycles. The van der Waals surface area contributed by atoms with Gasteiger partial charge in [0, 0.05) is 49.1 Å². The van der Waals surface area contributed by atoms with E-state index in [4.69, 9.17) is 11.1 Å². The van der Waals surface area contributed by atoms with E-state index in [0.29, 0.717) is 5.75 Å². The standard InChI is InChI=1S/C18H21BrFN5S/c19-16-4-3-15(20)10-14(16)12-26-17-13(2-1-5-23-17)11-24-6-8-25(9-7-24)18(21)22/h1-5,10H,6-9,11-12H2,(H3,21,22). The summed E-state index contributed by atoms with van der Waals surface area (Å²) in [6.07, 6.45) is 1.79. The third-order valence-electron chi connectivity index (χ3n) is 4.33. The number of nitrogens with two attached hydrogens (primary N) is 1. The molecule has 1 aliphatic heterocycles. The van der Waals surface area contributed by atoms with Gasteiger partial charge in [0.15, 0.2) is 5.96 Å². The number of benzene rings is 1. The molecule has 0 spiro atoms. The van der Waals surface area contributed by atoms with Crippen LogP contribution in [0, 0.1) is 11.2 Å². The van der Waals surface area contributed by atoms with Crippen molar-refractivity contribution >= 4 is 33.7 Å². The molecule has 138 valence electrons. The average Bonchev–Trinajstić information content (AvgIpc) is 2.64. The van der Waals surface area contributed by atoms with Gasteiger partial charge in [-0.25, -0.2) is 9.37 Å². The van der Waals surface area contributed by atoms with E-state index >= 15 is 0 Å². The number of nitrogens with one attached hydrogen (secondary N) is 1. The Labute approximate surface area is 165 Å². The van der Waals surface area contributed by atoms with Crippen LogP contribution in [0.1, 0.15) is 11.1 Å². The smallest absolute Gasteiger partial charge is 0.188 e. The normalized spacial score (nSPS) is 15.2. The summed E-state index contributed by atoms with van der Waals surface area (Å²) < 4.78 is 14.4. The van der Waals surface area contributed by atoms with Crippen molar-refractivity contribution in [3.63, 3.8) is 0 Å². The maximum Gasteiger partial charge on any atom is 0.188 e. The van der Waals surface area contributed by atoms with Crippen LogP contribution < -0.4 is 5.73 Å². The molecule has 1 fully saturated rings. The van der Waals surface area contributed by atoms with Crippen LogP contribution in [0.3, 0.4) is 0 Å². The highest BCUT2D eigenvalue weighted by Gasteiger charge is 2.19. The maximum absolute atomic E-state index is 13.5. The van der Waals surface area contributed by atoms with E-state index in [9.17, 15) is 4.39 Å². The summed E-state index contributed by atoms with van der Waals surface area (Å²) in [6, 6.07) is 8.78. The van der Waals surface area contributed by atoms with Crippen molar-refractivity contribution in [1.82, 2.24) is 14.8 Å². The van der Waals surface area contributed by atoms with Crippen molar-refractivity contribution in [2.45, 2.75) is 17.3 Å². The third-order valence-corrected chi connectivity index (χ3v) is 6.20. The number of aromatic nitrogens is 1. The minimum absolute atomic E-state index is 0.142. The van der Waals surface area contributed by atoms with Crippen LogP contribution in [-0.2, 0) is 12.3 Å². The lowest BCUT2D eigenvalue weighted by Crippen LogP contribution is -2.50. The molecule has 1 aromatic heterocycles. The lowest BCUT2D eigenvalue weighted by molar-refractivity contribution is 0.172. The summed E-state index contributed by atoms with van der Waals surface area (Å²) in [5.41, 5.74) is 7.64. The molecule has 0 aliphatic carbocycles. The lowest BCUT2D eigenvalue weighted by Gasteiger charge is -2.35. The van der Waals surface area contributed by atoms with Gasteiger partial charge in [-0.05, 0) is 35.4 Å². The number of pyridine rings is 1. The van der Waals surface area contributed by atoms with Crippen molar-refractivity contribution in [2.75, 3.05) is 26.2 Å². The Balaban J connectivity index is 1.63. The van der Waals surface area contributed by atoms with E-state index in [1.165, 1.54) is 11.6 Å². The summed E-state index contributed by atoms with van der Waals surface area (Å²) in [5.74, 6) is 0.567. The molecular formula is C18H21BrFN5S. The molecule has 0 unspecified atom stereocenters. The number of nitrogens with zero attached hydrogens (tertiary/aromatic N) is 3. The predicted molar refractivity (Wildman–Crippen MR) is 107 cm³/mol. The fourth-order valence-electron chi connectivity index (χ4n) is 2.86. The molecule has 3 N–H and O–H groups in total. The number of halogens is 2. The fraction of sp³-hybridized carbons (Fsp3) is 0.333. The molecule has 0 bridgehead atoms. The molecule has 0 radical (unpaired) electrons. The average molecular weight is 438 g/mol. The predicted octanol–water partition coefficient (Wildman–Crippen LogP) is 3.29. The number of thioether (sulfide) groups is 1. The van der Waals surface area contributed by atoms with Gasteiger partial charge in [-0.3, -0.25) is 10.3 Å². The van der Waals surface area contributed by atoms with Gasteiger partial charge in [-0.2, -0.15) is 0 Å². The Morgan fingerprint density at radius 2 is 2.00 bits per heavy atom. The molecule has 1 saturated heterocycles. The second kappa shape index (κ2) is 8.83. The van der Waals surface area contributed by atoms with Gasteiger partial charge >= 0.3 is 0 Å². The van der Waals surface area contributed by atoms with E-state index in [1.807, 2.05) is 11.0 Å². The zero-order valence-corrected chi connectivity index (χ0v) is 16.7. The van der Waals surface area contributed by atoms with Crippen LogP contribution >= 0.6 is 27.7 Å². The van der Waals surface area contributed by atoms with Gasteiger partial charge < -0.3 is 10.6 Å². The maximum atomic E-state index is 13.5. The Hall–Kier alpha value is -1.64. The highest BCUT2D eigenvalue weighted by atomic mass is 79.9. The molecule has 8 heteroatoms. The lowest BCUT2D eigenvalue weighted by atomic mass is 10.2. The third kappa shape index (κ3) is 4.96. The van der Waals surface area contributed by atoms with E-state index in [0.717, 1.165) is 47.8 Å². The molecule has 2 aromatic rings. The van der Waals surface area contributed by atoms with Crippen LogP contribution in [0.2, 0.25) is 0 Å². The van der Waals surface area contributed by atoms with Crippen LogP contribution in [0.4, 0.5) is 4.39 Å². The van der Waals surface area contributed by atoms with E-state index in [1.54, 1.807) is 30.1 Å². The molecule has 26 heavy (non-hydrogen) atoms. The Morgan fingerprint density at radius 3 is 2.73 bits per heavy atom. The van der Waals surface area contributed by atoms with Gasteiger partial charge in [0.25, 0.3) is 0 Å². The first-order valence-electron chi connectivity index (χ1n) is 8.35. The van der Waals surface area contributed by atoms with Crippen LogP contribution in [0.25, 0.3) is 0 Å². The molecule has 1 aliphatic rings. The highest BCUT2D eigenvalue weighted by Crippen LogP contribution is 2.29. The summed E-state index contributed by atoms with van der Waals surface area (Å²) in [4.78, 5) is 8.75. The number of piperazine rings is 1. The first-order chi connectivity index (χ1) is 12.5. The molecule has 0 amide bonds. The summed E-state index contributed by atoms with van der Waals surface area (Å²) in [5, 5.41) is 8.49. The van der Waals surface area contributed by atoms with Gasteiger partial charge in [0.1, 0.15) is 10.8 Å². The van der Waals surface area contributed by atoms with Gasteiger partial charge in [-0.1, -0.05) is 22.0 Å². The van der Waals surface area contributed by atoms with E-state index in [2.05, 4.69) is 31.9 Å². The topological polar surface area (TPSA) is 69.2 Å². The second-order valence-corrected chi connectivity index (χ2v) is 7.96. The largest absolute Gasteiger partial charge is 0.370 e. The highest BCUT2D eigenvalue weighted by molar-refractivity contribution is 9.10. The molecule has 0 saturated carbocycles. The molecular weight excluding hydrogens is 417 g/mol. The molecule has 2 heterocycles. The number of guanidine groups is 1. The van der Waals surface area contributed by atoms with E-state index in [-0.39, 0.29) is 11.8 Å². The zero-order valence-electron chi connectivity index (χ0n) is 14.3. The van der Waals surface area contributed by atoms with E-state index < -0.39 is 0 Å². The van der Waals surface area contributed by atoms with Crippen LogP contribution in [0.5, 0.6) is 0 Å². The minimum atomic E-state index is -0.228. The van der Waals surface area contributed by atoms with Crippen molar-refractivity contribution in [3.05, 3.63) is 57.9 Å². The first-order valence-corrected chi connectivity index (χ1v) is 10.1. The number of hydrogen-bond donors (Lipinski definition) is 2. The number of hydrogen-bond acceptors (Lipinski definition) is 4. The van der Waals surface area contributed by atoms with Crippen molar-refractivity contribution in [1.29, 1.82) is 5.41 Å². The zero-order chi connectivity index (χ0) is 18.5. The van der Waals surface area contributed by atoms with Crippen molar-refractivity contribution < 1.29 is 4.39 Å². The monoisotopic (exact) mass is 437 g/mol. The van der Waals surface area contributed by atoms with Gasteiger partial charge in [-0.15, -0.1) is 11.8 Å². The summed E-state index contributed by atoms with van der Waals surface area (Å²) in [7, 11) is 0. The Morgan fingerprint density at radius 1 is 1.23 bits per heavy atom. The van der Waals surface area contributed by atoms with Gasteiger partial charge in [0.2, 0.25) is 0 Å². The molecule has 5 nitrogen and oxygen atoms in total. The first kappa shape index (κ1) is 19.1. The van der Waals surface area contributed by atoms with Crippen molar-refractivity contribution in [2.24, 2.45) is 5.73 Å². The van der Waals surface area contributed by atoms with Crippen LogP contribution in [-0.4, -0.2) is 46.9 Å². The summed E-state index contributed by atoms with van der Waals surface area (Å²) in [6.45, 7) is 4.09. The van der Waals surface area contributed by atoms with Crippen LogP contribution in [0.15, 0.2) is 46.0 Å². The second-order valence-electron chi connectivity index (χ2n) is 6.14. The molecule has 3 rings (SSSR count). The fourth-order valence-corrected chi connectivity index (χ4v) is 4.42. The SMILES string of the molecule is N=C(N)N1CCN(Cc2cccnc2SCc2cc(F)ccc2Br)CC1. The Kier molecular flexibility index (Phi) is 6.50. The Bertz CT molecular complexity index is 780. The quantitative estimate of drug-likeness (QED) is 0.426. The van der Waals surface area contributed by atoms with Crippen molar-refractivity contribution in [3.8, 4) is 0 Å².